The Kier molecular flexibility index (Phi) is 6.33. The van der Waals surface area contributed by atoms with Crippen molar-refractivity contribution in [2.45, 2.75) is 38.0 Å². The molecule has 1 aromatic carbocycles. The van der Waals surface area contributed by atoms with Crippen molar-refractivity contribution in [2.75, 3.05) is 26.7 Å². The van der Waals surface area contributed by atoms with Crippen molar-refractivity contribution in [3.05, 3.63) is 28.2 Å². The van der Waals surface area contributed by atoms with Crippen LogP contribution < -0.4 is 10.1 Å². The van der Waals surface area contributed by atoms with Gasteiger partial charge >= 0.3 is 6.18 Å². The first-order valence-electron chi connectivity index (χ1n) is 7.67. The zero-order valence-corrected chi connectivity index (χ0v) is 14.9. The molecule has 0 saturated carbocycles. The van der Waals surface area contributed by atoms with E-state index in [1.807, 2.05) is 18.2 Å². The molecule has 3 nitrogen and oxygen atoms in total. The molecule has 23 heavy (non-hydrogen) atoms. The maximum atomic E-state index is 12.4. The van der Waals surface area contributed by atoms with Crippen molar-refractivity contribution in [3.8, 4) is 5.75 Å². The molecule has 1 unspecified atom stereocenters. The predicted octanol–water partition coefficient (Wildman–Crippen LogP) is 4.14. The average Bonchev–Trinajstić information content (AvgIpc) is 2.47. The third-order valence-electron chi connectivity index (χ3n) is 4.15. The van der Waals surface area contributed by atoms with Gasteiger partial charge in [-0.3, -0.25) is 4.90 Å². The maximum absolute atomic E-state index is 12.4. The largest absolute Gasteiger partial charge is 0.496 e. The standard InChI is InChI=1S/C16H22BrF3N2O/c1-11(12-3-4-15(23-2)14(17)9-12)21-13-5-7-22(8-6-13)10-16(18,19)20/h3-4,9,11,13,21H,5-8,10H2,1-2H3. The van der Waals surface area contributed by atoms with Gasteiger partial charge in [0.05, 0.1) is 18.1 Å². The zero-order chi connectivity index (χ0) is 17.0. The van der Waals surface area contributed by atoms with Crippen LogP contribution in [0.25, 0.3) is 0 Å². The molecule has 0 aromatic heterocycles. The van der Waals surface area contributed by atoms with E-state index in [9.17, 15) is 13.2 Å². The highest BCUT2D eigenvalue weighted by molar-refractivity contribution is 9.10. The van der Waals surface area contributed by atoms with Crippen LogP contribution in [0, 0.1) is 0 Å². The van der Waals surface area contributed by atoms with Gasteiger partial charge in [-0.2, -0.15) is 13.2 Å². The molecule has 0 aliphatic carbocycles. The van der Waals surface area contributed by atoms with Crippen LogP contribution in [0.5, 0.6) is 5.75 Å². The van der Waals surface area contributed by atoms with Crippen LogP contribution in [0.4, 0.5) is 13.2 Å². The summed E-state index contributed by atoms with van der Waals surface area (Å²) in [6.07, 6.45) is -2.64. The second-order valence-electron chi connectivity index (χ2n) is 5.95. The van der Waals surface area contributed by atoms with E-state index in [0.717, 1.165) is 28.6 Å². The van der Waals surface area contributed by atoms with E-state index >= 15 is 0 Å². The molecule has 0 bridgehead atoms. The number of alkyl halides is 3. The van der Waals surface area contributed by atoms with Gasteiger partial charge in [0.15, 0.2) is 0 Å². The second-order valence-corrected chi connectivity index (χ2v) is 6.80. The fourth-order valence-corrected chi connectivity index (χ4v) is 3.47. The van der Waals surface area contributed by atoms with E-state index in [0.29, 0.717) is 13.1 Å². The molecule has 7 heteroatoms. The van der Waals surface area contributed by atoms with E-state index < -0.39 is 12.7 Å². The van der Waals surface area contributed by atoms with Crippen LogP contribution in [-0.2, 0) is 0 Å². The molecule has 1 saturated heterocycles. The normalized spacial score (nSPS) is 18.9. The molecule has 1 N–H and O–H groups in total. The highest BCUT2D eigenvalue weighted by atomic mass is 79.9. The van der Waals surface area contributed by atoms with Crippen molar-refractivity contribution in [2.24, 2.45) is 0 Å². The molecule has 1 aromatic rings. The highest BCUT2D eigenvalue weighted by Crippen LogP contribution is 2.28. The molecular formula is C16H22BrF3N2O. The van der Waals surface area contributed by atoms with Crippen LogP contribution in [0.3, 0.4) is 0 Å². The minimum Gasteiger partial charge on any atom is -0.496 e. The Morgan fingerprint density at radius 3 is 2.52 bits per heavy atom. The third kappa shape index (κ3) is 5.65. The maximum Gasteiger partial charge on any atom is 0.401 e. The fourth-order valence-electron chi connectivity index (χ4n) is 2.91. The second kappa shape index (κ2) is 7.85. The number of hydrogen-bond acceptors (Lipinski definition) is 3. The molecular weight excluding hydrogens is 373 g/mol. The van der Waals surface area contributed by atoms with Crippen molar-refractivity contribution in [3.63, 3.8) is 0 Å². The number of likely N-dealkylation sites (tertiary alicyclic amines) is 1. The van der Waals surface area contributed by atoms with E-state index in [4.69, 9.17) is 4.74 Å². The number of nitrogens with one attached hydrogen (secondary N) is 1. The Morgan fingerprint density at radius 2 is 2.00 bits per heavy atom. The summed E-state index contributed by atoms with van der Waals surface area (Å²) < 4.78 is 43.3. The van der Waals surface area contributed by atoms with Gasteiger partial charge in [-0.25, -0.2) is 0 Å². The molecule has 1 aliphatic rings. The monoisotopic (exact) mass is 394 g/mol. The van der Waals surface area contributed by atoms with Gasteiger partial charge in [0.25, 0.3) is 0 Å². The van der Waals surface area contributed by atoms with Gasteiger partial charge in [-0.1, -0.05) is 6.07 Å². The summed E-state index contributed by atoms with van der Waals surface area (Å²) in [5, 5.41) is 3.51. The Hall–Kier alpha value is -0.790. The SMILES string of the molecule is COc1ccc(C(C)NC2CCN(CC(F)(F)F)CC2)cc1Br. The first-order chi connectivity index (χ1) is 10.8. The summed E-state index contributed by atoms with van der Waals surface area (Å²) in [4.78, 5) is 1.48. The Morgan fingerprint density at radius 1 is 1.35 bits per heavy atom. The number of ether oxygens (including phenoxy) is 1. The molecule has 130 valence electrons. The summed E-state index contributed by atoms with van der Waals surface area (Å²) >= 11 is 3.47. The van der Waals surface area contributed by atoms with Gasteiger partial charge in [0.2, 0.25) is 0 Å². The number of rotatable bonds is 5. The number of benzene rings is 1. The first-order valence-corrected chi connectivity index (χ1v) is 8.46. The van der Waals surface area contributed by atoms with Crippen LogP contribution in [0.1, 0.15) is 31.4 Å². The van der Waals surface area contributed by atoms with E-state index in [1.165, 1.54) is 4.90 Å². The predicted molar refractivity (Wildman–Crippen MR) is 87.8 cm³/mol. The lowest BCUT2D eigenvalue weighted by molar-refractivity contribution is -0.148. The average molecular weight is 395 g/mol. The Labute approximate surface area is 143 Å². The summed E-state index contributed by atoms with van der Waals surface area (Å²) in [5.41, 5.74) is 1.12. The van der Waals surface area contributed by atoms with Crippen molar-refractivity contribution in [1.29, 1.82) is 0 Å². The lowest BCUT2D eigenvalue weighted by atomic mass is 10.0. The van der Waals surface area contributed by atoms with Crippen LogP contribution >= 0.6 is 15.9 Å². The number of piperidine rings is 1. The van der Waals surface area contributed by atoms with Crippen LogP contribution in [-0.4, -0.2) is 43.9 Å². The molecule has 1 atom stereocenters. The van der Waals surface area contributed by atoms with Crippen LogP contribution in [0.15, 0.2) is 22.7 Å². The van der Waals surface area contributed by atoms with Gasteiger partial charge < -0.3 is 10.1 Å². The molecule has 1 heterocycles. The number of methoxy groups -OCH3 is 1. The molecule has 0 spiro atoms. The minimum atomic E-state index is -4.11. The first kappa shape index (κ1) is 18.5. The van der Waals surface area contributed by atoms with E-state index in [1.54, 1.807) is 7.11 Å². The van der Waals surface area contributed by atoms with Crippen molar-refractivity contribution in [1.82, 2.24) is 10.2 Å². The number of halogens is 4. The number of hydrogen-bond donors (Lipinski definition) is 1. The van der Waals surface area contributed by atoms with Gasteiger partial charge in [-0.15, -0.1) is 0 Å². The summed E-state index contributed by atoms with van der Waals surface area (Å²) in [6, 6.07) is 6.30. The lowest BCUT2D eigenvalue weighted by Gasteiger charge is -2.34. The third-order valence-corrected chi connectivity index (χ3v) is 4.77. The summed E-state index contributed by atoms with van der Waals surface area (Å²) in [6.45, 7) is 2.23. The van der Waals surface area contributed by atoms with Crippen molar-refractivity contribution < 1.29 is 17.9 Å². The highest BCUT2D eigenvalue weighted by Gasteiger charge is 2.32. The van der Waals surface area contributed by atoms with E-state index in [-0.39, 0.29) is 12.1 Å². The number of nitrogens with zero attached hydrogens (tertiary/aromatic N) is 1. The van der Waals surface area contributed by atoms with E-state index in [2.05, 4.69) is 28.2 Å². The fraction of sp³-hybridized carbons (Fsp3) is 0.625. The lowest BCUT2D eigenvalue weighted by Crippen LogP contribution is -2.46. The van der Waals surface area contributed by atoms with Crippen molar-refractivity contribution >= 4 is 15.9 Å². The smallest absolute Gasteiger partial charge is 0.401 e. The molecule has 2 rings (SSSR count). The Bertz CT molecular complexity index is 517. The topological polar surface area (TPSA) is 24.5 Å². The van der Waals surface area contributed by atoms with Gasteiger partial charge in [0, 0.05) is 12.1 Å². The van der Waals surface area contributed by atoms with Gasteiger partial charge in [0.1, 0.15) is 5.75 Å². The summed E-state index contributed by atoms with van der Waals surface area (Å²) in [5.74, 6) is 0.779. The molecule has 0 radical (unpaired) electrons. The van der Waals surface area contributed by atoms with Gasteiger partial charge in [-0.05, 0) is 66.5 Å². The summed E-state index contributed by atoms with van der Waals surface area (Å²) in [7, 11) is 1.62. The molecule has 0 amide bonds. The van der Waals surface area contributed by atoms with Crippen LogP contribution in [0.2, 0.25) is 0 Å². The Balaban J connectivity index is 1.85. The molecule has 1 aliphatic heterocycles. The minimum absolute atomic E-state index is 0.136. The quantitative estimate of drug-likeness (QED) is 0.812. The molecule has 1 fully saturated rings. The zero-order valence-electron chi connectivity index (χ0n) is 13.3.